The Balaban J connectivity index is 1.60. The summed E-state index contributed by atoms with van der Waals surface area (Å²) in [5, 5.41) is 5.93. The summed E-state index contributed by atoms with van der Waals surface area (Å²) in [6.45, 7) is -0.0274. The molecule has 5 nitrogen and oxygen atoms in total. The fourth-order valence-corrected chi connectivity index (χ4v) is 3.40. The molecule has 0 saturated carbocycles. The lowest BCUT2D eigenvalue weighted by atomic mass is 9.90. The Kier molecular flexibility index (Phi) is 5.71. The van der Waals surface area contributed by atoms with Crippen molar-refractivity contribution >= 4 is 39.2 Å². The Hall–Kier alpha value is -2.34. The van der Waals surface area contributed by atoms with Crippen molar-refractivity contribution in [3.63, 3.8) is 0 Å². The highest BCUT2D eigenvalue weighted by molar-refractivity contribution is 9.10. The molecule has 25 heavy (non-hydrogen) atoms. The van der Waals surface area contributed by atoms with E-state index in [4.69, 9.17) is 5.73 Å². The number of guanidine groups is 1. The van der Waals surface area contributed by atoms with Gasteiger partial charge >= 0.3 is 0 Å². The number of aliphatic imine (C=N–C) groups is 1. The third-order valence-corrected chi connectivity index (χ3v) is 4.65. The molecule has 0 spiro atoms. The normalized spacial score (nSPS) is 13.9. The van der Waals surface area contributed by atoms with Crippen molar-refractivity contribution in [3.05, 3.63) is 58.1 Å². The lowest BCUT2D eigenvalue weighted by Crippen LogP contribution is -2.26. The van der Waals surface area contributed by atoms with E-state index in [0.717, 1.165) is 28.7 Å². The molecule has 0 aromatic heterocycles. The molecule has 0 saturated heterocycles. The minimum atomic E-state index is -0.210. The predicted molar refractivity (Wildman–Crippen MR) is 106 cm³/mol. The van der Waals surface area contributed by atoms with Crippen LogP contribution >= 0.6 is 15.9 Å². The van der Waals surface area contributed by atoms with Gasteiger partial charge in [-0.25, -0.2) is 4.99 Å². The summed E-state index contributed by atoms with van der Waals surface area (Å²) < 4.78 is 0.906. The van der Waals surface area contributed by atoms with Crippen LogP contribution in [0.15, 0.2) is 51.9 Å². The molecule has 0 aliphatic heterocycles. The van der Waals surface area contributed by atoms with Crippen molar-refractivity contribution in [2.75, 3.05) is 17.2 Å². The molecule has 0 bridgehead atoms. The summed E-state index contributed by atoms with van der Waals surface area (Å²) in [5.41, 5.74) is 10.4. The van der Waals surface area contributed by atoms with Crippen LogP contribution < -0.4 is 16.4 Å². The van der Waals surface area contributed by atoms with Gasteiger partial charge in [-0.2, -0.15) is 0 Å². The first kappa shape index (κ1) is 17.5. The molecule has 0 radical (unpaired) electrons. The van der Waals surface area contributed by atoms with E-state index in [1.54, 1.807) is 0 Å². The molecule has 6 heteroatoms. The van der Waals surface area contributed by atoms with E-state index >= 15 is 0 Å². The maximum absolute atomic E-state index is 12.0. The average molecular weight is 401 g/mol. The van der Waals surface area contributed by atoms with Gasteiger partial charge in [0, 0.05) is 15.8 Å². The quantitative estimate of drug-likeness (QED) is 0.540. The molecule has 0 unspecified atom stereocenters. The van der Waals surface area contributed by atoms with Crippen LogP contribution in [0.2, 0.25) is 0 Å². The van der Waals surface area contributed by atoms with Crippen LogP contribution in [0.3, 0.4) is 0 Å². The summed E-state index contributed by atoms with van der Waals surface area (Å²) in [5.74, 6) is 0.0429. The highest BCUT2D eigenvalue weighted by atomic mass is 79.9. The van der Waals surface area contributed by atoms with Crippen LogP contribution in [0.25, 0.3) is 0 Å². The molecule has 3 rings (SSSR count). The number of hydrogen-bond donors (Lipinski definition) is 3. The summed E-state index contributed by atoms with van der Waals surface area (Å²) in [6, 6.07) is 13.6. The van der Waals surface area contributed by atoms with Crippen molar-refractivity contribution in [3.8, 4) is 0 Å². The van der Waals surface area contributed by atoms with Gasteiger partial charge in [0.15, 0.2) is 5.96 Å². The summed E-state index contributed by atoms with van der Waals surface area (Å²) in [4.78, 5) is 16.1. The summed E-state index contributed by atoms with van der Waals surface area (Å²) in [6.07, 6.45) is 4.58. The molecule has 0 fully saturated rings. The molecule has 0 atom stereocenters. The van der Waals surface area contributed by atoms with Crippen LogP contribution in [0.1, 0.15) is 24.0 Å². The van der Waals surface area contributed by atoms with E-state index in [-0.39, 0.29) is 18.4 Å². The standard InChI is InChI=1S/C19H21BrN4O/c20-14-7-4-8-15(11-14)23-18(25)12-22-19(21)24-17-10-3-6-13-5-1-2-9-16(13)17/h3-4,6-8,10-11H,1-2,5,9,12H2,(H,23,25)(H3,21,22,24). The second-order valence-electron chi connectivity index (χ2n) is 6.04. The van der Waals surface area contributed by atoms with Gasteiger partial charge in [0.2, 0.25) is 5.91 Å². The minimum absolute atomic E-state index is 0.0274. The number of hydrogen-bond acceptors (Lipinski definition) is 2. The van der Waals surface area contributed by atoms with E-state index in [0.29, 0.717) is 0 Å². The highest BCUT2D eigenvalue weighted by Gasteiger charge is 2.13. The number of nitrogens with zero attached hydrogens (tertiary/aromatic N) is 1. The van der Waals surface area contributed by atoms with E-state index in [2.05, 4.69) is 37.6 Å². The third-order valence-electron chi connectivity index (χ3n) is 4.16. The molecule has 1 aliphatic rings. The monoisotopic (exact) mass is 400 g/mol. The predicted octanol–water partition coefficient (Wildman–Crippen LogP) is 3.69. The second-order valence-corrected chi connectivity index (χ2v) is 6.95. The number of rotatable bonds is 4. The number of carbonyl (C=O) groups excluding carboxylic acids is 1. The number of carbonyl (C=O) groups is 1. The fourth-order valence-electron chi connectivity index (χ4n) is 3.00. The van der Waals surface area contributed by atoms with Gasteiger partial charge in [0.1, 0.15) is 6.54 Å². The zero-order chi connectivity index (χ0) is 17.6. The number of benzene rings is 2. The van der Waals surface area contributed by atoms with Crippen molar-refractivity contribution in [1.29, 1.82) is 0 Å². The molecule has 2 aromatic rings. The van der Waals surface area contributed by atoms with Crippen molar-refractivity contribution in [2.45, 2.75) is 25.7 Å². The summed E-state index contributed by atoms with van der Waals surface area (Å²) >= 11 is 3.37. The lowest BCUT2D eigenvalue weighted by molar-refractivity contribution is -0.114. The molecular formula is C19H21BrN4O. The Morgan fingerprint density at radius 2 is 1.92 bits per heavy atom. The first-order valence-corrected chi connectivity index (χ1v) is 9.14. The van der Waals surface area contributed by atoms with Crippen LogP contribution in [0.4, 0.5) is 11.4 Å². The number of nitrogens with one attached hydrogen (secondary N) is 2. The Morgan fingerprint density at radius 1 is 1.12 bits per heavy atom. The number of amides is 1. The maximum atomic E-state index is 12.0. The van der Waals surface area contributed by atoms with E-state index in [9.17, 15) is 4.79 Å². The largest absolute Gasteiger partial charge is 0.370 e. The first-order chi connectivity index (χ1) is 12.1. The molecule has 4 N–H and O–H groups in total. The number of halogens is 1. The zero-order valence-electron chi connectivity index (χ0n) is 13.9. The molecule has 130 valence electrons. The van der Waals surface area contributed by atoms with Crippen LogP contribution in [-0.4, -0.2) is 18.4 Å². The molecule has 0 heterocycles. The van der Waals surface area contributed by atoms with E-state index < -0.39 is 0 Å². The smallest absolute Gasteiger partial charge is 0.246 e. The third kappa shape index (κ3) is 4.82. The second kappa shape index (κ2) is 8.16. The van der Waals surface area contributed by atoms with Gasteiger partial charge in [0.05, 0.1) is 0 Å². The molecule has 1 aliphatic carbocycles. The van der Waals surface area contributed by atoms with Gasteiger partial charge < -0.3 is 16.4 Å². The van der Waals surface area contributed by atoms with Gasteiger partial charge in [0.25, 0.3) is 0 Å². The van der Waals surface area contributed by atoms with Crippen molar-refractivity contribution < 1.29 is 4.79 Å². The number of anilines is 2. The van der Waals surface area contributed by atoms with Gasteiger partial charge in [-0.05, 0) is 61.1 Å². The minimum Gasteiger partial charge on any atom is -0.370 e. The fraction of sp³-hybridized carbons (Fsp3) is 0.263. The van der Waals surface area contributed by atoms with E-state index in [1.165, 1.54) is 24.0 Å². The summed E-state index contributed by atoms with van der Waals surface area (Å²) in [7, 11) is 0. The number of fused-ring (bicyclic) bond motifs is 1. The van der Waals surface area contributed by atoms with Crippen molar-refractivity contribution in [2.24, 2.45) is 10.7 Å². The Bertz CT molecular complexity index is 804. The van der Waals surface area contributed by atoms with Crippen LogP contribution in [-0.2, 0) is 17.6 Å². The molecular weight excluding hydrogens is 380 g/mol. The highest BCUT2D eigenvalue weighted by Crippen LogP contribution is 2.27. The number of aryl methyl sites for hydroxylation is 1. The lowest BCUT2D eigenvalue weighted by Gasteiger charge is -2.19. The average Bonchev–Trinajstić information content (AvgIpc) is 2.60. The van der Waals surface area contributed by atoms with E-state index in [1.807, 2.05) is 36.4 Å². The Morgan fingerprint density at radius 3 is 2.76 bits per heavy atom. The van der Waals surface area contributed by atoms with Gasteiger partial charge in [-0.1, -0.05) is 34.1 Å². The van der Waals surface area contributed by atoms with Crippen LogP contribution in [0, 0.1) is 0 Å². The van der Waals surface area contributed by atoms with Crippen molar-refractivity contribution in [1.82, 2.24) is 0 Å². The number of nitrogens with two attached hydrogens (primary N) is 1. The Labute approximate surface area is 155 Å². The molecule has 1 amide bonds. The van der Waals surface area contributed by atoms with Gasteiger partial charge in [-0.15, -0.1) is 0 Å². The topological polar surface area (TPSA) is 79.5 Å². The van der Waals surface area contributed by atoms with Crippen LogP contribution in [0.5, 0.6) is 0 Å². The zero-order valence-corrected chi connectivity index (χ0v) is 15.5. The SMILES string of the molecule is NC(=NCC(=O)Nc1cccc(Br)c1)Nc1cccc2c1CCCC2. The maximum Gasteiger partial charge on any atom is 0.246 e. The first-order valence-electron chi connectivity index (χ1n) is 8.35. The molecule has 2 aromatic carbocycles. The van der Waals surface area contributed by atoms with Gasteiger partial charge in [-0.3, -0.25) is 4.79 Å².